The topological polar surface area (TPSA) is 51.5 Å². The first-order valence-corrected chi connectivity index (χ1v) is 7.97. The van der Waals surface area contributed by atoms with E-state index in [0.717, 1.165) is 16.8 Å². The van der Waals surface area contributed by atoms with Gasteiger partial charge < -0.3 is 4.74 Å². The Hall–Kier alpha value is -3.27. The number of hydrogen-bond donors (Lipinski definition) is 0. The molecule has 1 aromatic heterocycles. The fraction of sp³-hybridized carbons (Fsp3) is 0.0952. The molecule has 1 atom stereocenters. The number of benzene rings is 2. The van der Waals surface area contributed by atoms with Gasteiger partial charge in [0.25, 0.3) is 0 Å². The molecule has 0 saturated carbocycles. The number of pyridine rings is 1. The van der Waals surface area contributed by atoms with E-state index >= 15 is 0 Å². The normalized spacial score (nSPS) is 11.4. The van der Waals surface area contributed by atoms with Gasteiger partial charge in [-0.15, -0.1) is 0 Å². The largest absolute Gasteiger partial charge is 0.467 e. The average molecular weight is 330 g/mol. The maximum Gasteiger partial charge on any atom is 0.336 e. The van der Waals surface area contributed by atoms with Crippen molar-refractivity contribution in [2.45, 2.75) is 6.04 Å². The maximum absolute atomic E-state index is 12.3. The lowest BCUT2D eigenvalue weighted by atomic mass is 10.0. The second-order valence-corrected chi connectivity index (χ2v) is 5.39. The van der Waals surface area contributed by atoms with Crippen LogP contribution in [0.5, 0.6) is 0 Å². The van der Waals surface area contributed by atoms with E-state index < -0.39 is 12.0 Å². The van der Waals surface area contributed by atoms with Gasteiger partial charge >= 0.3 is 5.97 Å². The van der Waals surface area contributed by atoms with Gasteiger partial charge in [-0.05, 0) is 12.1 Å². The van der Waals surface area contributed by atoms with Gasteiger partial charge in [-0.25, -0.2) is 4.79 Å². The van der Waals surface area contributed by atoms with Gasteiger partial charge in [-0.1, -0.05) is 66.7 Å². The number of methoxy groups -OCH3 is 1. The molecule has 0 spiro atoms. The molecular weight excluding hydrogens is 312 g/mol. The highest BCUT2D eigenvalue weighted by Gasteiger charge is 2.23. The Labute approximate surface area is 146 Å². The predicted octanol–water partition coefficient (Wildman–Crippen LogP) is 3.83. The molecule has 25 heavy (non-hydrogen) atoms. The summed E-state index contributed by atoms with van der Waals surface area (Å²) in [5.74, 6) is -0.442. The number of nitrogens with zero attached hydrogens (tertiary/aromatic N) is 2. The minimum absolute atomic E-state index is 0.442. The second-order valence-electron chi connectivity index (χ2n) is 5.39. The summed E-state index contributed by atoms with van der Waals surface area (Å²) in [5, 5.41) is 0. The summed E-state index contributed by atoms with van der Waals surface area (Å²) < 4.78 is 4.95. The van der Waals surface area contributed by atoms with Crippen LogP contribution in [0, 0.1) is 0 Å². The molecule has 0 N–H and O–H groups in total. The summed E-state index contributed by atoms with van der Waals surface area (Å²) in [6, 6.07) is 24.2. The number of aliphatic imine (C=N–C) groups is 1. The van der Waals surface area contributed by atoms with Crippen LogP contribution in [0.15, 0.2) is 90.1 Å². The van der Waals surface area contributed by atoms with Gasteiger partial charge in [0.2, 0.25) is 0 Å². The summed E-state index contributed by atoms with van der Waals surface area (Å²) in [7, 11) is 1.36. The molecule has 1 unspecified atom stereocenters. The van der Waals surface area contributed by atoms with Crippen LogP contribution in [0.1, 0.15) is 22.9 Å². The lowest BCUT2D eigenvalue weighted by Crippen LogP contribution is -2.17. The molecule has 4 heteroatoms. The molecular formula is C21H18N2O2. The molecule has 0 saturated heterocycles. The first-order valence-electron chi connectivity index (χ1n) is 7.97. The first kappa shape index (κ1) is 16.6. The quantitative estimate of drug-likeness (QED) is 0.528. The van der Waals surface area contributed by atoms with Crippen molar-refractivity contribution >= 4 is 11.7 Å². The van der Waals surface area contributed by atoms with Crippen LogP contribution in [0.25, 0.3) is 0 Å². The molecule has 0 aliphatic rings. The zero-order chi connectivity index (χ0) is 17.5. The van der Waals surface area contributed by atoms with Crippen LogP contribution in [-0.2, 0) is 9.53 Å². The van der Waals surface area contributed by atoms with Crippen molar-refractivity contribution < 1.29 is 9.53 Å². The SMILES string of the molecule is COC(=O)C(N=C(c1ccccc1)c1ccccc1)c1ccccn1. The Morgan fingerprint density at radius 1 is 0.880 bits per heavy atom. The summed E-state index contributed by atoms with van der Waals surface area (Å²) in [6.45, 7) is 0. The molecule has 3 aromatic rings. The minimum Gasteiger partial charge on any atom is -0.467 e. The molecule has 0 aliphatic heterocycles. The van der Waals surface area contributed by atoms with E-state index in [1.807, 2.05) is 66.7 Å². The Balaban J connectivity index is 2.14. The van der Waals surface area contributed by atoms with Crippen LogP contribution in [-0.4, -0.2) is 23.8 Å². The lowest BCUT2D eigenvalue weighted by molar-refractivity contribution is -0.142. The third kappa shape index (κ3) is 3.98. The molecule has 0 amide bonds. The molecule has 0 radical (unpaired) electrons. The zero-order valence-corrected chi connectivity index (χ0v) is 13.9. The molecule has 1 heterocycles. The van der Waals surface area contributed by atoms with Crippen LogP contribution >= 0.6 is 0 Å². The van der Waals surface area contributed by atoms with Gasteiger partial charge in [0.1, 0.15) is 0 Å². The van der Waals surface area contributed by atoms with Crippen LogP contribution < -0.4 is 0 Å². The summed E-state index contributed by atoms with van der Waals surface area (Å²) >= 11 is 0. The molecule has 2 aromatic carbocycles. The van der Waals surface area contributed by atoms with E-state index in [2.05, 4.69) is 4.98 Å². The predicted molar refractivity (Wildman–Crippen MR) is 97.5 cm³/mol. The Bertz CT molecular complexity index is 805. The zero-order valence-electron chi connectivity index (χ0n) is 13.9. The van der Waals surface area contributed by atoms with Gasteiger partial charge in [0, 0.05) is 17.3 Å². The van der Waals surface area contributed by atoms with E-state index in [1.54, 1.807) is 18.3 Å². The number of hydrogen-bond acceptors (Lipinski definition) is 4. The van der Waals surface area contributed by atoms with Crippen molar-refractivity contribution in [3.8, 4) is 0 Å². The monoisotopic (exact) mass is 330 g/mol. The lowest BCUT2D eigenvalue weighted by Gasteiger charge is -2.14. The molecule has 124 valence electrons. The fourth-order valence-corrected chi connectivity index (χ4v) is 2.53. The van der Waals surface area contributed by atoms with E-state index in [9.17, 15) is 4.79 Å². The molecule has 3 rings (SSSR count). The number of carbonyl (C=O) groups excluding carboxylic acids is 1. The van der Waals surface area contributed by atoms with Crippen LogP contribution in [0.3, 0.4) is 0 Å². The third-order valence-corrected chi connectivity index (χ3v) is 3.75. The highest BCUT2D eigenvalue weighted by Crippen LogP contribution is 2.21. The second kappa shape index (κ2) is 8.02. The number of rotatable bonds is 5. The first-order chi connectivity index (χ1) is 12.3. The minimum atomic E-state index is -0.818. The van der Waals surface area contributed by atoms with Crippen molar-refractivity contribution in [2.24, 2.45) is 4.99 Å². The average Bonchev–Trinajstić information content (AvgIpc) is 2.70. The van der Waals surface area contributed by atoms with Crippen LogP contribution in [0.4, 0.5) is 0 Å². The molecule has 0 fully saturated rings. The Morgan fingerprint density at radius 3 is 1.92 bits per heavy atom. The third-order valence-electron chi connectivity index (χ3n) is 3.75. The fourth-order valence-electron chi connectivity index (χ4n) is 2.53. The van der Waals surface area contributed by atoms with Crippen molar-refractivity contribution in [1.29, 1.82) is 0 Å². The number of esters is 1. The molecule has 0 bridgehead atoms. The number of aromatic nitrogens is 1. The van der Waals surface area contributed by atoms with E-state index in [0.29, 0.717) is 5.69 Å². The van der Waals surface area contributed by atoms with E-state index in [1.165, 1.54) is 7.11 Å². The van der Waals surface area contributed by atoms with E-state index in [-0.39, 0.29) is 0 Å². The smallest absolute Gasteiger partial charge is 0.336 e. The van der Waals surface area contributed by atoms with Crippen molar-refractivity contribution in [2.75, 3.05) is 7.11 Å². The van der Waals surface area contributed by atoms with Gasteiger partial charge in [-0.3, -0.25) is 9.98 Å². The summed E-state index contributed by atoms with van der Waals surface area (Å²) in [5.41, 5.74) is 3.14. The van der Waals surface area contributed by atoms with Gasteiger partial charge in [0.15, 0.2) is 6.04 Å². The Morgan fingerprint density at radius 2 is 1.44 bits per heavy atom. The molecule has 0 aliphatic carbocycles. The highest BCUT2D eigenvalue weighted by atomic mass is 16.5. The van der Waals surface area contributed by atoms with Crippen molar-refractivity contribution in [3.05, 3.63) is 102 Å². The van der Waals surface area contributed by atoms with Crippen LogP contribution in [0.2, 0.25) is 0 Å². The number of carbonyl (C=O) groups is 1. The molecule has 4 nitrogen and oxygen atoms in total. The summed E-state index contributed by atoms with van der Waals surface area (Å²) in [6.07, 6.45) is 1.64. The van der Waals surface area contributed by atoms with Crippen molar-refractivity contribution in [3.63, 3.8) is 0 Å². The van der Waals surface area contributed by atoms with Gasteiger partial charge in [0.05, 0.1) is 18.5 Å². The van der Waals surface area contributed by atoms with E-state index in [4.69, 9.17) is 9.73 Å². The summed E-state index contributed by atoms with van der Waals surface area (Å²) in [4.78, 5) is 21.4. The highest BCUT2D eigenvalue weighted by molar-refractivity contribution is 6.13. The van der Waals surface area contributed by atoms with Gasteiger partial charge in [-0.2, -0.15) is 0 Å². The van der Waals surface area contributed by atoms with Crippen molar-refractivity contribution in [1.82, 2.24) is 4.98 Å². The maximum atomic E-state index is 12.3. The Kier molecular flexibility index (Phi) is 5.32. The number of ether oxygens (including phenoxy) is 1. The standard InChI is InChI=1S/C21H18N2O2/c1-25-21(24)20(18-14-8-9-15-22-18)23-19(16-10-4-2-5-11-16)17-12-6-3-7-13-17/h2-15,20H,1H3.